The molecule has 8 heteroatoms. The molecular formula is C12H14N6O2. The van der Waals surface area contributed by atoms with Gasteiger partial charge in [-0.25, -0.2) is 10.8 Å². The molecule has 2 rings (SSSR count). The van der Waals surface area contributed by atoms with Crippen LogP contribution in [0.3, 0.4) is 0 Å². The third kappa shape index (κ3) is 2.98. The molecule has 0 saturated carbocycles. The van der Waals surface area contributed by atoms with Crippen molar-refractivity contribution in [1.29, 1.82) is 0 Å². The number of nitrogens with zero attached hydrogens (tertiary/aromatic N) is 3. The average Bonchev–Trinajstić information content (AvgIpc) is 2.46. The van der Waals surface area contributed by atoms with Gasteiger partial charge in [0, 0.05) is 12.3 Å². The highest BCUT2D eigenvalue weighted by molar-refractivity contribution is 5.60. The number of aryl methyl sites for hydroxylation is 1. The van der Waals surface area contributed by atoms with Crippen molar-refractivity contribution in [1.82, 2.24) is 9.97 Å². The summed E-state index contributed by atoms with van der Waals surface area (Å²) in [6, 6.07) is 6.54. The van der Waals surface area contributed by atoms with E-state index in [0.29, 0.717) is 12.4 Å². The topological polar surface area (TPSA) is 119 Å². The second kappa shape index (κ2) is 5.93. The van der Waals surface area contributed by atoms with E-state index in [9.17, 15) is 10.1 Å². The highest BCUT2D eigenvalue weighted by Gasteiger charge is 2.16. The van der Waals surface area contributed by atoms with Crippen molar-refractivity contribution in [3.05, 3.63) is 51.8 Å². The molecule has 20 heavy (non-hydrogen) atoms. The van der Waals surface area contributed by atoms with Crippen molar-refractivity contribution in [2.75, 3.05) is 10.7 Å². The first-order valence-electron chi connectivity index (χ1n) is 5.88. The maximum absolute atomic E-state index is 11.0. The van der Waals surface area contributed by atoms with E-state index in [0.717, 1.165) is 11.3 Å². The smallest absolute Gasteiger partial charge is 0.311 e. The Hall–Kier alpha value is -2.74. The Morgan fingerprint density at radius 2 is 2.20 bits per heavy atom. The molecule has 0 saturated heterocycles. The standard InChI is InChI=1S/C12H14N6O2/c1-8-3-2-6-14-9(8)7-15-12-10(18(19)20)4-5-11(16-12)17-13/h2-6H,7,13H2,1H3,(H2,15,16,17). The Morgan fingerprint density at radius 1 is 1.40 bits per heavy atom. The molecule has 0 spiro atoms. The molecule has 0 atom stereocenters. The van der Waals surface area contributed by atoms with Crippen molar-refractivity contribution < 1.29 is 4.92 Å². The van der Waals surface area contributed by atoms with Gasteiger partial charge in [0.1, 0.15) is 5.82 Å². The summed E-state index contributed by atoms with van der Waals surface area (Å²) in [5.41, 5.74) is 4.04. The summed E-state index contributed by atoms with van der Waals surface area (Å²) >= 11 is 0. The molecule has 0 aliphatic rings. The fourth-order valence-corrected chi connectivity index (χ4v) is 1.68. The van der Waals surface area contributed by atoms with Gasteiger partial charge < -0.3 is 10.7 Å². The van der Waals surface area contributed by atoms with Crippen molar-refractivity contribution in [3.8, 4) is 0 Å². The largest absolute Gasteiger partial charge is 0.359 e. The molecule has 0 aromatic carbocycles. The summed E-state index contributed by atoms with van der Waals surface area (Å²) < 4.78 is 0. The molecule has 2 aromatic heterocycles. The van der Waals surface area contributed by atoms with Gasteiger partial charge in [-0.15, -0.1) is 0 Å². The van der Waals surface area contributed by atoms with Crippen molar-refractivity contribution >= 4 is 17.3 Å². The Labute approximate surface area is 115 Å². The van der Waals surface area contributed by atoms with Crippen LogP contribution in [0.1, 0.15) is 11.3 Å². The summed E-state index contributed by atoms with van der Waals surface area (Å²) in [4.78, 5) is 18.7. The van der Waals surface area contributed by atoms with Crippen LogP contribution in [-0.2, 0) is 6.54 Å². The molecule has 2 heterocycles. The number of hydrazine groups is 1. The summed E-state index contributed by atoms with van der Waals surface area (Å²) in [5, 5.41) is 13.9. The average molecular weight is 274 g/mol. The van der Waals surface area contributed by atoms with Crippen LogP contribution in [-0.4, -0.2) is 14.9 Å². The van der Waals surface area contributed by atoms with Gasteiger partial charge in [0.2, 0.25) is 5.82 Å². The van der Waals surface area contributed by atoms with E-state index in [1.807, 2.05) is 19.1 Å². The van der Waals surface area contributed by atoms with Crippen LogP contribution in [0.5, 0.6) is 0 Å². The van der Waals surface area contributed by atoms with Crippen LogP contribution in [0.15, 0.2) is 30.5 Å². The lowest BCUT2D eigenvalue weighted by Gasteiger charge is -2.09. The van der Waals surface area contributed by atoms with Crippen LogP contribution < -0.4 is 16.6 Å². The molecule has 2 aromatic rings. The number of hydrogen-bond donors (Lipinski definition) is 3. The minimum Gasteiger partial charge on any atom is -0.359 e. The first kappa shape index (κ1) is 13.7. The number of hydrogen-bond acceptors (Lipinski definition) is 7. The molecule has 0 radical (unpaired) electrons. The Morgan fingerprint density at radius 3 is 2.85 bits per heavy atom. The normalized spacial score (nSPS) is 10.1. The second-order valence-corrected chi connectivity index (χ2v) is 4.09. The lowest BCUT2D eigenvalue weighted by Crippen LogP contribution is -2.12. The predicted octanol–water partition coefficient (Wildman–Crippen LogP) is 1.59. The van der Waals surface area contributed by atoms with E-state index >= 15 is 0 Å². The Balaban J connectivity index is 2.24. The van der Waals surface area contributed by atoms with Gasteiger partial charge in [-0.05, 0) is 24.6 Å². The van der Waals surface area contributed by atoms with Crippen LogP contribution in [0.25, 0.3) is 0 Å². The van der Waals surface area contributed by atoms with Crippen molar-refractivity contribution in [2.45, 2.75) is 13.5 Å². The van der Waals surface area contributed by atoms with E-state index in [4.69, 9.17) is 5.84 Å². The number of nitrogens with two attached hydrogens (primary N) is 1. The zero-order valence-electron chi connectivity index (χ0n) is 10.8. The molecular weight excluding hydrogens is 260 g/mol. The molecule has 0 aliphatic carbocycles. The molecule has 0 bridgehead atoms. The highest BCUT2D eigenvalue weighted by atomic mass is 16.6. The first-order valence-corrected chi connectivity index (χ1v) is 5.88. The molecule has 0 unspecified atom stereocenters. The number of rotatable bonds is 5. The van der Waals surface area contributed by atoms with E-state index in [1.165, 1.54) is 12.1 Å². The van der Waals surface area contributed by atoms with E-state index in [2.05, 4.69) is 20.7 Å². The molecule has 0 amide bonds. The summed E-state index contributed by atoms with van der Waals surface area (Å²) in [5.74, 6) is 5.75. The van der Waals surface area contributed by atoms with Gasteiger partial charge in [-0.2, -0.15) is 0 Å². The Bertz CT molecular complexity index is 631. The van der Waals surface area contributed by atoms with Crippen molar-refractivity contribution in [3.63, 3.8) is 0 Å². The molecule has 0 fully saturated rings. The Kier molecular flexibility index (Phi) is 4.06. The summed E-state index contributed by atoms with van der Waals surface area (Å²) in [6.45, 7) is 2.26. The van der Waals surface area contributed by atoms with E-state index in [1.54, 1.807) is 6.20 Å². The van der Waals surface area contributed by atoms with Crippen molar-refractivity contribution in [2.24, 2.45) is 5.84 Å². The monoisotopic (exact) mass is 274 g/mol. The minimum atomic E-state index is -0.499. The van der Waals surface area contributed by atoms with Gasteiger partial charge >= 0.3 is 5.69 Å². The van der Waals surface area contributed by atoms with Gasteiger partial charge in [-0.1, -0.05) is 6.07 Å². The molecule has 8 nitrogen and oxygen atoms in total. The lowest BCUT2D eigenvalue weighted by molar-refractivity contribution is -0.384. The maximum Gasteiger partial charge on any atom is 0.311 e. The number of nitrogen functional groups attached to an aromatic ring is 1. The zero-order chi connectivity index (χ0) is 14.5. The predicted molar refractivity (Wildman–Crippen MR) is 75.0 cm³/mol. The third-order valence-electron chi connectivity index (χ3n) is 2.76. The van der Waals surface area contributed by atoms with Crippen LogP contribution in [0, 0.1) is 17.0 Å². The second-order valence-electron chi connectivity index (χ2n) is 4.09. The van der Waals surface area contributed by atoms with E-state index < -0.39 is 4.92 Å². The number of nitro groups is 1. The molecule has 4 N–H and O–H groups in total. The number of nitrogens with one attached hydrogen (secondary N) is 2. The molecule has 0 aliphatic heterocycles. The quantitative estimate of drug-likeness (QED) is 0.430. The fourth-order valence-electron chi connectivity index (χ4n) is 1.68. The summed E-state index contributed by atoms with van der Waals surface area (Å²) in [7, 11) is 0. The summed E-state index contributed by atoms with van der Waals surface area (Å²) in [6.07, 6.45) is 1.67. The number of aromatic nitrogens is 2. The first-order chi connectivity index (χ1) is 9.61. The SMILES string of the molecule is Cc1cccnc1CNc1nc(NN)ccc1[N+](=O)[O-]. The van der Waals surface area contributed by atoms with Crippen LogP contribution >= 0.6 is 0 Å². The lowest BCUT2D eigenvalue weighted by atomic mass is 10.2. The minimum absolute atomic E-state index is 0.113. The molecule has 104 valence electrons. The number of anilines is 2. The fraction of sp³-hybridized carbons (Fsp3) is 0.167. The van der Waals surface area contributed by atoms with Crippen LogP contribution in [0.2, 0.25) is 0 Å². The number of pyridine rings is 2. The van der Waals surface area contributed by atoms with Gasteiger partial charge in [0.05, 0.1) is 17.2 Å². The highest BCUT2D eigenvalue weighted by Crippen LogP contribution is 2.24. The zero-order valence-corrected chi connectivity index (χ0v) is 10.8. The van der Waals surface area contributed by atoms with Gasteiger partial charge in [0.25, 0.3) is 0 Å². The van der Waals surface area contributed by atoms with Gasteiger partial charge in [0.15, 0.2) is 0 Å². The maximum atomic E-state index is 11.0. The van der Waals surface area contributed by atoms with Crippen LogP contribution in [0.4, 0.5) is 17.3 Å². The van der Waals surface area contributed by atoms with E-state index in [-0.39, 0.29) is 11.5 Å². The van der Waals surface area contributed by atoms with Gasteiger partial charge in [-0.3, -0.25) is 15.1 Å². The third-order valence-corrected chi connectivity index (χ3v) is 2.76.